The SMILES string of the molecule is CCOC(=O)C1(F)C(=O)NC(=O)NC1ON=C1CCCC1. The Bertz CT molecular complexity index is 487. The number of urea groups is 1. The molecule has 2 rings (SSSR count). The molecule has 2 fully saturated rings. The predicted octanol–water partition coefficient (Wildman–Crippen LogP) is 0.370. The number of rotatable bonds is 4. The van der Waals surface area contributed by atoms with Crippen molar-refractivity contribution in [2.45, 2.75) is 44.5 Å². The van der Waals surface area contributed by atoms with E-state index in [0.29, 0.717) is 18.6 Å². The summed E-state index contributed by atoms with van der Waals surface area (Å²) in [5.74, 6) is -2.86. The third-order valence-electron chi connectivity index (χ3n) is 3.22. The summed E-state index contributed by atoms with van der Waals surface area (Å²) in [7, 11) is 0. The molecule has 0 aromatic carbocycles. The fourth-order valence-electron chi connectivity index (χ4n) is 2.10. The molecule has 1 saturated carbocycles. The first kappa shape index (κ1) is 15.2. The highest BCUT2D eigenvalue weighted by Crippen LogP contribution is 2.24. The first-order valence-corrected chi connectivity index (χ1v) is 6.68. The quantitative estimate of drug-likeness (QED) is 0.443. The maximum Gasteiger partial charge on any atom is 0.360 e. The largest absolute Gasteiger partial charge is 0.463 e. The van der Waals surface area contributed by atoms with Crippen LogP contribution in [0.4, 0.5) is 9.18 Å². The third-order valence-corrected chi connectivity index (χ3v) is 3.22. The number of ether oxygens (including phenoxy) is 1. The number of amides is 3. The molecular formula is C12H16FN3O5. The standard InChI is InChI=1S/C12H16FN3O5/c1-2-20-10(18)12(13)8(17)14-11(19)15-9(12)21-16-7-5-3-4-6-7/h9H,2-6H2,1H3,(H2,14,15,17,19). The van der Waals surface area contributed by atoms with E-state index in [1.54, 1.807) is 5.32 Å². The lowest BCUT2D eigenvalue weighted by molar-refractivity contribution is -0.179. The summed E-state index contributed by atoms with van der Waals surface area (Å²) < 4.78 is 19.3. The first-order chi connectivity index (χ1) is 9.98. The lowest BCUT2D eigenvalue weighted by Crippen LogP contribution is -2.70. The Labute approximate surface area is 120 Å². The fraction of sp³-hybridized carbons (Fsp3) is 0.667. The van der Waals surface area contributed by atoms with Crippen molar-refractivity contribution < 1.29 is 28.3 Å². The van der Waals surface area contributed by atoms with Crippen molar-refractivity contribution in [3.63, 3.8) is 0 Å². The number of carbonyl (C=O) groups excluding carboxylic acids is 3. The predicted molar refractivity (Wildman–Crippen MR) is 67.9 cm³/mol. The summed E-state index contributed by atoms with van der Waals surface area (Å²) in [4.78, 5) is 39.5. The van der Waals surface area contributed by atoms with Gasteiger partial charge in [0.1, 0.15) is 0 Å². The number of oxime groups is 1. The van der Waals surface area contributed by atoms with E-state index in [-0.39, 0.29) is 6.61 Å². The molecule has 1 aliphatic heterocycles. The summed E-state index contributed by atoms with van der Waals surface area (Å²) in [6.45, 7) is 1.35. The molecule has 1 aliphatic carbocycles. The van der Waals surface area contributed by atoms with Gasteiger partial charge in [0, 0.05) is 0 Å². The zero-order valence-corrected chi connectivity index (χ0v) is 11.5. The number of nitrogens with one attached hydrogen (secondary N) is 2. The van der Waals surface area contributed by atoms with Crippen LogP contribution in [0.1, 0.15) is 32.6 Å². The minimum atomic E-state index is -3.17. The summed E-state index contributed by atoms with van der Waals surface area (Å²) in [5, 5.41) is 7.43. The van der Waals surface area contributed by atoms with Crippen LogP contribution in [0.3, 0.4) is 0 Å². The minimum absolute atomic E-state index is 0.118. The molecule has 0 aromatic heterocycles. The second-order valence-corrected chi connectivity index (χ2v) is 4.71. The third kappa shape index (κ3) is 2.96. The van der Waals surface area contributed by atoms with Crippen molar-refractivity contribution in [1.29, 1.82) is 0 Å². The Morgan fingerprint density at radius 1 is 1.43 bits per heavy atom. The molecule has 0 radical (unpaired) electrons. The molecule has 0 bridgehead atoms. The minimum Gasteiger partial charge on any atom is -0.463 e. The van der Waals surface area contributed by atoms with E-state index in [4.69, 9.17) is 4.84 Å². The van der Waals surface area contributed by atoms with Gasteiger partial charge in [0.15, 0.2) is 0 Å². The van der Waals surface area contributed by atoms with E-state index in [1.807, 2.05) is 5.32 Å². The summed E-state index contributed by atoms with van der Waals surface area (Å²) >= 11 is 0. The van der Waals surface area contributed by atoms with Crippen molar-refractivity contribution in [2.75, 3.05) is 6.61 Å². The van der Waals surface area contributed by atoms with Gasteiger partial charge in [-0.1, -0.05) is 5.16 Å². The van der Waals surface area contributed by atoms with E-state index >= 15 is 0 Å². The van der Waals surface area contributed by atoms with Gasteiger partial charge >= 0.3 is 17.7 Å². The average molecular weight is 301 g/mol. The van der Waals surface area contributed by atoms with Crippen LogP contribution in [-0.2, 0) is 19.2 Å². The fourth-order valence-corrected chi connectivity index (χ4v) is 2.10. The lowest BCUT2D eigenvalue weighted by atomic mass is 10.0. The molecule has 1 saturated heterocycles. The molecule has 9 heteroatoms. The van der Waals surface area contributed by atoms with E-state index < -0.39 is 29.8 Å². The number of hydrogen-bond acceptors (Lipinski definition) is 6. The Morgan fingerprint density at radius 2 is 2.10 bits per heavy atom. The van der Waals surface area contributed by atoms with Gasteiger partial charge < -0.3 is 9.57 Å². The first-order valence-electron chi connectivity index (χ1n) is 6.68. The van der Waals surface area contributed by atoms with Gasteiger partial charge in [-0.3, -0.25) is 15.4 Å². The van der Waals surface area contributed by atoms with Crippen molar-refractivity contribution in [3.05, 3.63) is 0 Å². The number of esters is 1. The van der Waals surface area contributed by atoms with Crippen LogP contribution >= 0.6 is 0 Å². The highest BCUT2D eigenvalue weighted by molar-refractivity contribution is 6.14. The van der Waals surface area contributed by atoms with Crippen LogP contribution in [0.2, 0.25) is 0 Å². The van der Waals surface area contributed by atoms with Crippen molar-refractivity contribution in [2.24, 2.45) is 5.16 Å². The normalized spacial score (nSPS) is 28.7. The molecule has 8 nitrogen and oxygen atoms in total. The van der Waals surface area contributed by atoms with Crippen LogP contribution in [0, 0.1) is 0 Å². The van der Waals surface area contributed by atoms with Gasteiger partial charge in [0.25, 0.3) is 12.1 Å². The van der Waals surface area contributed by atoms with Crippen LogP contribution in [0.25, 0.3) is 0 Å². The van der Waals surface area contributed by atoms with E-state index in [9.17, 15) is 18.8 Å². The van der Waals surface area contributed by atoms with Gasteiger partial charge in [-0.25, -0.2) is 14.0 Å². The smallest absolute Gasteiger partial charge is 0.360 e. The van der Waals surface area contributed by atoms with Crippen LogP contribution in [-0.4, -0.2) is 42.1 Å². The molecule has 2 N–H and O–H groups in total. The number of imide groups is 1. The van der Waals surface area contributed by atoms with Crippen molar-refractivity contribution >= 4 is 23.6 Å². The molecule has 1 heterocycles. The highest BCUT2D eigenvalue weighted by Gasteiger charge is 2.61. The van der Waals surface area contributed by atoms with Crippen LogP contribution in [0.15, 0.2) is 5.16 Å². The zero-order chi connectivity index (χ0) is 15.5. The second kappa shape index (κ2) is 6.06. The number of hydrogen-bond donors (Lipinski definition) is 2. The summed E-state index contributed by atoms with van der Waals surface area (Å²) in [6.07, 6.45) is 1.43. The maximum atomic E-state index is 14.8. The Hall–Kier alpha value is -2.19. The van der Waals surface area contributed by atoms with Crippen LogP contribution in [0.5, 0.6) is 0 Å². The maximum absolute atomic E-state index is 14.8. The number of alkyl halides is 1. The molecular weight excluding hydrogens is 285 g/mol. The molecule has 21 heavy (non-hydrogen) atoms. The van der Waals surface area contributed by atoms with E-state index in [2.05, 4.69) is 9.89 Å². The number of halogens is 1. The Balaban J connectivity index is 2.19. The highest BCUT2D eigenvalue weighted by atomic mass is 19.1. The molecule has 3 amide bonds. The van der Waals surface area contributed by atoms with Gasteiger partial charge in [-0.15, -0.1) is 0 Å². The monoisotopic (exact) mass is 301 g/mol. The Kier molecular flexibility index (Phi) is 4.39. The lowest BCUT2D eigenvalue weighted by Gasteiger charge is -2.32. The van der Waals surface area contributed by atoms with E-state index in [0.717, 1.165) is 12.8 Å². The number of nitrogens with zero attached hydrogens (tertiary/aromatic N) is 1. The van der Waals surface area contributed by atoms with Crippen LogP contribution < -0.4 is 10.6 Å². The zero-order valence-electron chi connectivity index (χ0n) is 11.5. The topological polar surface area (TPSA) is 106 Å². The number of carbonyl (C=O) groups is 3. The molecule has 0 aromatic rings. The average Bonchev–Trinajstić information content (AvgIpc) is 2.94. The van der Waals surface area contributed by atoms with Gasteiger partial charge in [0.05, 0.1) is 12.3 Å². The van der Waals surface area contributed by atoms with Gasteiger partial charge in [0.2, 0.25) is 0 Å². The van der Waals surface area contributed by atoms with Crippen molar-refractivity contribution in [3.8, 4) is 0 Å². The molecule has 0 spiro atoms. The van der Waals surface area contributed by atoms with Gasteiger partial charge in [-0.05, 0) is 32.6 Å². The van der Waals surface area contributed by atoms with Crippen molar-refractivity contribution in [1.82, 2.24) is 10.6 Å². The molecule has 2 atom stereocenters. The Morgan fingerprint density at radius 3 is 2.71 bits per heavy atom. The molecule has 2 unspecified atom stereocenters. The van der Waals surface area contributed by atoms with Gasteiger partial charge in [-0.2, -0.15) is 0 Å². The summed E-state index contributed by atoms with van der Waals surface area (Å²) in [6, 6.07) is -0.964. The summed E-state index contributed by atoms with van der Waals surface area (Å²) in [5.41, 5.74) is -2.48. The second-order valence-electron chi connectivity index (χ2n) is 4.71. The van der Waals surface area contributed by atoms with E-state index in [1.165, 1.54) is 6.92 Å². The molecule has 116 valence electrons. The molecule has 2 aliphatic rings.